The lowest BCUT2D eigenvalue weighted by molar-refractivity contribution is 0.0909. The van der Waals surface area contributed by atoms with Gasteiger partial charge in [-0.25, -0.2) is 4.39 Å². The lowest BCUT2D eigenvalue weighted by Gasteiger charge is -2.14. The highest BCUT2D eigenvalue weighted by Crippen LogP contribution is 2.27. The van der Waals surface area contributed by atoms with Crippen LogP contribution in [0.5, 0.6) is 0 Å². The van der Waals surface area contributed by atoms with Crippen LogP contribution in [0, 0.1) is 26.6 Å². The molecule has 0 unspecified atom stereocenters. The van der Waals surface area contributed by atoms with E-state index in [-0.39, 0.29) is 23.3 Å². The Morgan fingerprint density at radius 3 is 2.75 bits per heavy atom. The number of hydrogen-bond donors (Lipinski definition) is 1. The highest BCUT2D eigenvalue weighted by molar-refractivity contribution is 5.99. The minimum atomic E-state index is -0.467. The van der Waals surface area contributed by atoms with Gasteiger partial charge in [0.15, 0.2) is 17.2 Å². The molecule has 0 spiro atoms. The predicted octanol–water partition coefficient (Wildman–Crippen LogP) is 3.51. The molecule has 1 N–H and O–H groups in total. The van der Waals surface area contributed by atoms with Crippen LogP contribution in [0.4, 0.5) is 4.39 Å². The number of nitrogens with zero attached hydrogens (tertiary/aromatic N) is 2. The fourth-order valence-electron chi connectivity index (χ4n) is 2.88. The second kappa shape index (κ2) is 6.11. The van der Waals surface area contributed by atoms with E-state index in [4.69, 9.17) is 4.42 Å². The summed E-state index contributed by atoms with van der Waals surface area (Å²) in [7, 11) is 0. The summed E-state index contributed by atoms with van der Waals surface area (Å²) in [6.07, 6.45) is 0. The summed E-state index contributed by atoms with van der Waals surface area (Å²) in [5, 5.41) is 7.89. The molecule has 3 rings (SSSR count). The number of fused-ring (bicyclic) bond motifs is 1. The number of rotatable bonds is 4. The van der Waals surface area contributed by atoms with Crippen molar-refractivity contribution in [3.8, 4) is 0 Å². The van der Waals surface area contributed by atoms with Crippen LogP contribution in [0.25, 0.3) is 11.0 Å². The van der Waals surface area contributed by atoms with Gasteiger partial charge in [0, 0.05) is 22.7 Å². The van der Waals surface area contributed by atoms with Crippen molar-refractivity contribution in [3.63, 3.8) is 0 Å². The molecule has 0 bridgehead atoms. The highest BCUT2D eigenvalue weighted by Gasteiger charge is 2.21. The van der Waals surface area contributed by atoms with Crippen LogP contribution in [0.3, 0.4) is 0 Å². The molecule has 0 aliphatic carbocycles. The van der Waals surface area contributed by atoms with Gasteiger partial charge in [-0.3, -0.25) is 9.48 Å². The number of hydrogen-bond acceptors (Lipinski definition) is 3. The second-order valence-electron chi connectivity index (χ2n) is 6.16. The number of amides is 1. The molecule has 1 atom stereocenters. The minimum absolute atomic E-state index is 0.117. The maximum Gasteiger partial charge on any atom is 0.287 e. The molecule has 2 aromatic heterocycles. The summed E-state index contributed by atoms with van der Waals surface area (Å²) in [4.78, 5) is 12.5. The van der Waals surface area contributed by atoms with Gasteiger partial charge < -0.3 is 9.73 Å². The maximum absolute atomic E-state index is 13.8. The number of carbonyl (C=O) groups excluding carboxylic acids is 1. The first-order valence-corrected chi connectivity index (χ1v) is 7.86. The highest BCUT2D eigenvalue weighted by atomic mass is 19.1. The molecule has 0 saturated heterocycles. The quantitative estimate of drug-likeness (QED) is 0.797. The molecule has 2 heterocycles. The summed E-state index contributed by atoms with van der Waals surface area (Å²) in [5.41, 5.74) is 2.73. The molecule has 0 saturated carbocycles. The van der Waals surface area contributed by atoms with Crippen LogP contribution in [0.2, 0.25) is 0 Å². The molecule has 6 heteroatoms. The Kier molecular flexibility index (Phi) is 4.13. The Morgan fingerprint density at radius 1 is 1.38 bits per heavy atom. The molecular formula is C18H20FN3O2. The number of benzene rings is 1. The number of carbonyl (C=O) groups is 1. The van der Waals surface area contributed by atoms with Crippen LogP contribution in [-0.2, 0) is 6.54 Å². The largest absolute Gasteiger partial charge is 0.448 e. The summed E-state index contributed by atoms with van der Waals surface area (Å²) < 4.78 is 21.1. The number of para-hydroxylation sites is 1. The summed E-state index contributed by atoms with van der Waals surface area (Å²) in [6.45, 7) is 8.11. The zero-order valence-corrected chi connectivity index (χ0v) is 14.2. The first kappa shape index (κ1) is 16.2. The Balaban J connectivity index is 1.78. The fourth-order valence-corrected chi connectivity index (χ4v) is 2.88. The van der Waals surface area contributed by atoms with Crippen molar-refractivity contribution in [2.45, 2.75) is 40.3 Å². The van der Waals surface area contributed by atoms with Gasteiger partial charge in [0.2, 0.25) is 0 Å². The topological polar surface area (TPSA) is 60.1 Å². The van der Waals surface area contributed by atoms with Crippen LogP contribution in [-0.4, -0.2) is 21.7 Å². The normalized spacial score (nSPS) is 12.5. The van der Waals surface area contributed by atoms with Crippen molar-refractivity contribution in [2.75, 3.05) is 0 Å². The van der Waals surface area contributed by atoms with E-state index in [2.05, 4.69) is 10.4 Å². The van der Waals surface area contributed by atoms with E-state index in [1.165, 1.54) is 6.07 Å². The average Bonchev–Trinajstić information content (AvgIpc) is 3.00. The average molecular weight is 329 g/mol. The van der Waals surface area contributed by atoms with Crippen LogP contribution >= 0.6 is 0 Å². The first-order valence-electron chi connectivity index (χ1n) is 7.86. The smallest absolute Gasteiger partial charge is 0.287 e. The Bertz CT molecular complexity index is 911. The van der Waals surface area contributed by atoms with Gasteiger partial charge in [-0.05, 0) is 39.8 Å². The van der Waals surface area contributed by atoms with Gasteiger partial charge in [-0.2, -0.15) is 5.10 Å². The maximum atomic E-state index is 13.8. The van der Waals surface area contributed by atoms with Crippen molar-refractivity contribution in [1.82, 2.24) is 15.1 Å². The van der Waals surface area contributed by atoms with E-state index in [0.717, 1.165) is 11.4 Å². The molecule has 3 aromatic rings. The monoisotopic (exact) mass is 329 g/mol. The summed E-state index contributed by atoms with van der Waals surface area (Å²) in [5.74, 6) is -0.669. The Morgan fingerprint density at radius 2 is 2.12 bits per heavy atom. The molecular weight excluding hydrogens is 309 g/mol. The van der Waals surface area contributed by atoms with Crippen molar-refractivity contribution >= 4 is 16.9 Å². The van der Waals surface area contributed by atoms with Crippen LogP contribution in [0.15, 0.2) is 28.7 Å². The molecule has 0 fully saturated rings. The van der Waals surface area contributed by atoms with Crippen molar-refractivity contribution < 1.29 is 13.6 Å². The van der Waals surface area contributed by atoms with Gasteiger partial charge in [0.1, 0.15) is 0 Å². The van der Waals surface area contributed by atoms with Crippen molar-refractivity contribution in [3.05, 3.63) is 52.8 Å². The molecule has 1 aromatic carbocycles. The number of aryl methyl sites for hydroxylation is 3. The molecule has 1 amide bonds. The summed E-state index contributed by atoms with van der Waals surface area (Å²) >= 11 is 0. The van der Waals surface area contributed by atoms with Crippen LogP contribution in [0.1, 0.15) is 34.4 Å². The molecule has 24 heavy (non-hydrogen) atoms. The Hall–Kier alpha value is -2.63. The van der Waals surface area contributed by atoms with Crippen LogP contribution < -0.4 is 5.32 Å². The van der Waals surface area contributed by atoms with Gasteiger partial charge in [-0.15, -0.1) is 0 Å². The number of aromatic nitrogens is 2. The van der Waals surface area contributed by atoms with E-state index in [9.17, 15) is 9.18 Å². The van der Waals surface area contributed by atoms with Gasteiger partial charge in [0.05, 0.1) is 12.2 Å². The van der Waals surface area contributed by atoms with Gasteiger partial charge in [-0.1, -0.05) is 12.1 Å². The fraction of sp³-hybridized carbons (Fsp3) is 0.333. The lowest BCUT2D eigenvalue weighted by atomic mass is 10.1. The lowest BCUT2D eigenvalue weighted by Crippen LogP contribution is -2.36. The SMILES string of the molecule is Cc1cc(C)n(C[C@@H](C)NC(=O)c2oc3c(F)cccc3c2C)n1. The third kappa shape index (κ3) is 2.91. The number of furan rings is 1. The van der Waals surface area contributed by atoms with E-state index >= 15 is 0 Å². The third-order valence-corrected chi connectivity index (χ3v) is 4.05. The van der Waals surface area contributed by atoms with Gasteiger partial charge >= 0.3 is 0 Å². The third-order valence-electron chi connectivity index (χ3n) is 4.05. The zero-order valence-electron chi connectivity index (χ0n) is 14.2. The Labute approximate surface area is 139 Å². The second-order valence-corrected chi connectivity index (χ2v) is 6.16. The molecule has 126 valence electrons. The summed E-state index contributed by atoms with van der Waals surface area (Å²) in [6, 6.07) is 6.51. The van der Waals surface area contributed by atoms with E-state index in [1.54, 1.807) is 19.1 Å². The van der Waals surface area contributed by atoms with Gasteiger partial charge in [0.25, 0.3) is 5.91 Å². The molecule has 0 aliphatic rings. The first-order chi connectivity index (χ1) is 11.4. The van der Waals surface area contributed by atoms with Crippen molar-refractivity contribution in [1.29, 1.82) is 0 Å². The zero-order chi connectivity index (χ0) is 17.4. The number of nitrogens with one attached hydrogen (secondary N) is 1. The number of halogens is 1. The van der Waals surface area contributed by atoms with E-state index < -0.39 is 5.82 Å². The molecule has 0 aliphatic heterocycles. The molecule has 0 radical (unpaired) electrons. The predicted molar refractivity (Wildman–Crippen MR) is 89.5 cm³/mol. The van der Waals surface area contributed by atoms with E-state index in [0.29, 0.717) is 17.5 Å². The van der Waals surface area contributed by atoms with E-state index in [1.807, 2.05) is 31.5 Å². The standard InChI is InChI=1S/C18H20FN3O2/c1-10-8-12(3)22(21-10)9-11(2)20-18(23)16-13(4)14-6-5-7-15(19)17(14)24-16/h5-8,11H,9H2,1-4H3,(H,20,23)/t11-/m1/s1. The van der Waals surface area contributed by atoms with Crippen molar-refractivity contribution in [2.24, 2.45) is 0 Å². The molecule has 5 nitrogen and oxygen atoms in total. The minimum Gasteiger partial charge on any atom is -0.448 e.